The van der Waals surface area contributed by atoms with Crippen molar-refractivity contribution < 1.29 is 9.47 Å². The standard InChI is InChI=1S/C18H16ClN3O2/c1-13-3-2-4-17(24-12-20)16(13)11-23-18(21)9-10-22-15-7-5-14(19)6-8-15/h2-10H,11,21H2,1H3/b18-9+,22-10?. The lowest BCUT2D eigenvalue weighted by Gasteiger charge is -2.11. The van der Waals surface area contributed by atoms with Crippen LogP contribution in [0.1, 0.15) is 11.1 Å². The van der Waals surface area contributed by atoms with Crippen LogP contribution in [-0.2, 0) is 11.3 Å². The van der Waals surface area contributed by atoms with Gasteiger partial charge in [0.05, 0.1) is 5.69 Å². The zero-order valence-electron chi connectivity index (χ0n) is 13.1. The van der Waals surface area contributed by atoms with Crippen molar-refractivity contribution in [2.24, 2.45) is 10.7 Å². The minimum Gasteiger partial charge on any atom is -0.474 e. The lowest BCUT2D eigenvalue weighted by molar-refractivity contribution is 0.193. The maximum absolute atomic E-state index is 8.68. The first kappa shape index (κ1) is 17.4. The molecule has 24 heavy (non-hydrogen) atoms. The normalized spacial score (nSPS) is 11.3. The molecular weight excluding hydrogens is 326 g/mol. The van der Waals surface area contributed by atoms with Gasteiger partial charge in [-0.3, -0.25) is 4.99 Å². The summed E-state index contributed by atoms with van der Waals surface area (Å²) in [7, 11) is 0. The molecule has 0 unspecified atom stereocenters. The van der Waals surface area contributed by atoms with Gasteiger partial charge in [0.25, 0.3) is 6.26 Å². The number of allylic oxidation sites excluding steroid dienone is 1. The Kier molecular flexibility index (Phi) is 6.23. The number of nitriles is 1. The van der Waals surface area contributed by atoms with Gasteiger partial charge in [0, 0.05) is 22.9 Å². The predicted molar refractivity (Wildman–Crippen MR) is 94.1 cm³/mol. The van der Waals surface area contributed by atoms with E-state index in [-0.39, 0.29) is 12.5 Å². The lowest BCUT2D eigenvalue weighted by atomic mass is 10.1. The second-order valence-corrected chi connectivity index (χ2v) is 5.29. The summed E-state index contributed by atoms with van der Waals surface area (Å²) >= 11 is 5.81. The van der Waals surface area contributed by atoms with Gasteiger partial charge < -0.3 is 15.2 Å². The van der Waals surface area contributed by atoms with Crippen LogP contribution in [0.3, 0.4) is 0 Å². The van der Waals surface area contributed by atoms with E-state index >= 15 is 0 Å². The molecule has 2 aromatic rings. The Morgan fingerprint density at radius 3 is 2.75 bits per heavy atom. The molecule has 0 radical (unpaired) electrons. The van der Waals surface area contributed by atoms with Crippen LogP contribution in [0.15, 0.2) is 59.4 Å². The zero-order chi connectivity index (χ0) is 17.4. The molecular formula is C18H16ClN3O2. The Morgan fingerprint density at radius 2 is 2.04 bits per heavy atom. The van der Waals surface area contributed by atoms with E-state index in [4.69, 9.17) is 32.1 Å². The van der Waals surface area contributed by atoms with Gasteiger partial charge in [0.2, 0.25) is 0 Å². The van der Waals surface area contributed by atoms with Crippen LogP contribution >= 0.6 is 11.6 Å². The van der Waals surface area contributed by atoms with Crippen molar-refractivity contribution in [2.75, 3.05) is 0 Å². The second kappa shape index (κ2) is 8.61. The first-order chi connectivity index (χ1) is 11.6. The van der Waals surface area contributed by atoms with E-state index in [1.165, 1.54) is 0 Å². The summed E-state index contributed by atoms with van der Waals surface area (Å²) in [6.45, 7) is 2.10. The number of aliphatic imine (C=N–C) groups is 1. The van der Waals surface area contributed by atoms with Crippen molar-refractivity contribution in [3.8, 4) is 12.0 Å². The van der Waals surface area contributed by atoms with E-state index in [1.807, 2.05) is 19.1 Å². The Labute approximate surface area is 145 Å². The van der Waals surface area contributed by atoms with Crippen LogP contribution in [0.4, 0.5) is 5.69 Å². The zero-order valence-corrected chi connectivity index (χ0v) is 13.8. The number of ether oxygens (including phenoxy) is 2. The SMILES string of the molecule is Cc1cccc(OC#N)c1CO/C(N)=C/C=Nc1ccc(Cl)cc1. The van der Waals surface area contributed by atoms with E-state index in [1.54, 1.807) is 48.9 Å². The van der Waals surface area contributed by atoms with Crippen molar-refractivity contribution in [3.05, 3.63) is 70.6 Å². The van der Waals surface area contributed by atoms with Crippen molar-refractivity contribution in [3.63, 3.8) is 0 Å². The van der Waals surface area contributed by atoms with Crippen LogP contribution in [0.2, 0.25) is 5.02 Å². The fraction of sp³-hybridized carbons (Fsp3) is 0.111. The highest BCUT2D eigenvalue weighted by molar-refractivity contribution is 6.30. The minimum atomic E-state index is 0.195. The average Bonchev–Trinajstić information content (AvgIpc) is 2.56. The van der Waals surface area contributed by atoms with E-state index in [9.17, 15) is 0 Å². The van der Waals surface area contributed by atoms with Crippen molar-refractivity contribution in [2.45, 2.75) is 13.5 Å². The molecule has 5 nitrogen and oxygen atoms in total. The maximum Gasteiger partial charge on any atom is 0.292 e. The highest BCUT2D eigenvalue weighted by Gasteiger charge is 2.08. The van der Waals surface area contributed by atoms with Gasteiger partial charge in [-0.1, -0.05) is 23.7 Å². The second-order valence-electron chi connectivity index (χ2n) is 4.86. The third-order valence-corrected chi connectivity index (χ3v) is 3.45. The Morgan fingerprint density at radius 1 is 1.29 bits per heavy atom. The van der Waals surface area contributed by atoms with Crippen LogP contribution in [0.25, 0.3) is 0 Å². The topological polar surface area (TPSA) is 80.6 Å². The summed E-state index contributed by atoms with van der Waals surface area (Å²) in [5.74, 6) is 0.666. The number of rotatable bonds is 6. The molecule has 2 rings (SSSR count). The van der Waals surface area contributed by atoms with E-state index in [2.05, 4.69) is 4.99 Å². The number of hydrogen-bond acceptors (Lipinski definition) is 5. The summed E-state index contributed by atoms with van der Waals surface area (Å²) in [5, 5.41) is 9.33. The summed E-state index contributed by atoms with van der Waals surface area (Å²) in [5.41, 5.74) is 8.28. The van der Waals surface area contributed by atoms with Crippen LogP contribution in [-0.4, -0.2) is 6.21 Å². The molecule has 0 spiro atoms. The molecule has 2 N–H and O–H groups in total. The molecule has 0 aliphatic carbocycles. The third kappa shape index (κ3) is 5.04. The van der Waals surface area contributed by atoms with Gasteiger partial charge in [0.15, 0.2) is 5.88 Å². The van der Waals surface area contributed by atoms with Gasteiger partial charge in [-0.15, -0.1) is 5.26 Å². The van der Waals surface area contributed by atoms with Crippen LogP contribution in [0.5, 0.6) is 5.75 Å². The molecule has 122 valence electrons. The third-order valence-electron chi connectivity index (χ3n) is 3.20. The lowest BCUT2D eigenvalue weighted by Crippen LogP contribution is -2.05. The summed E-state index contributed by atoms with van der Waals surface area (Å²) < 4.78 is 10.4. The van der Waals surface area contributed by atoms with Gasteiger partial charge >= 0.3 is 0 Å². The summed E-state index contributed by atoms with van der Waals surface area (Å²) in [4.78, 5) is 4.22. The first-order valence-corrected chi connectivity index (χ1v) is 7.50. The number of nitrogens with zero attached hydrogens (tertiary/aromatic N) is 2. The predicted octanol–water partition coefficient (Wildman–Crippen LogP) is 4.23. The first-order valence-electron chi connectivity index (χ1n) is 7.13. The van der Waals surface area contributed by atoms with Crippen LogP contribution < -0.4 is 10.5 Å². The van der Waals surface area contributed by atoms with Crippen LogP contribution in [0, 0.1) is 18.4 Å². The minimum absolute atomic E-state index is 0.195. The summed E-state index contributed by atoms with van der Waals surface area (Å²) in [6, 6.07) is 12.5. The fourth-order valence-corrected chi connectivity index (χ4v) is 2.06. The Bertz CT molecular complexity index is 793. The molecule has 0 atom stereocenters. The smallest absolute Gasteiger partial charge is 0.292 e. The average molecular weight is 342 g/mol. The van der Waals surface area contributed by atoms with Gasteiger partial charge in [0.1, 0.15) is 12.4 Å². The fourth-order valence-electron chi connectivity index (χ4n) is 1.93. The monoisotopic (exact) mass is 341 g/mol. The molecule has 2 aromatic carbocycles. The van der Waals surface area contributed by atoms with Gasteiger partial charge in [-0.2, -0.15) is 0 Å². The summed E-state index contributed by atoms with van der Waals surface area (Å²) in [6.07, 6.45) is 4.76. The molecule has 0 aromatic heterocycles. The van der Waals surface area contributed by atoms with E-state index < -0.39 is 0 Å². The Hall–Kier alpha value is -2.97. The van der Waals surface area contributed by atoms with Crippen molar-refractivity contribution in [1.29, 1.82) is 5.26 Å². The highest BCUT2D eigenvalue weighted by Crippen LogP contribution is 2.23. The quantitative estimate of drug-likeness (QED) is 0.484. The molecule has 6 heteroatoms. The Balaban J connectivity index is 1.99. The number of aryl methyl sites for hydroxylation is 1. The molecule has 0 saturated heterocycles. The number of halogens is 1. The molecule has 0 aliphatic heterocycles. The van der Waals surface area contributed by atoms with E-state index in [0.29, 0.717) is 10.8 Å². The van der Waals surface area contributed by atoms with Gasteiger partial charge in [-0.05, 0) is 42.8 Å². The molecule has 0 bridgehead atoms. The number of hydrogen-bond donors (Lipinski definition) is 1. The van der Waals surface area contributed by atoms with Gasteiger partial charge in [-0.25, -0.2) is 0 Å². The molecule has 0 amide bonds. The molecule has 0 heterocycles. The molecule has 0 saturated carbocycles. The van der Waals surface area contributed by atoms with Crippen molar-refractivity contribution >= 4 is 23.5 Å². The largest absolute Gasteiger partial charge is 0.474 e. The molecule has 0 aliphatic rings. The number of nitrogens with two attached hydrogens (primary N) is 1. The maximum atomic E-state index is 8.68. The highest BCUT2D eigenvalue weighted by atomic mass is 35.5. The van der Waals surface area contributed by atoms with Crippen molar-refractivity contribution in [1.82, 2.24) is 0 Å². The number of benzene rings is 2. The van der Waals surface area contributed by atoms with E-state index in [0.717, 1.165) is 16.8 Å². The molecule has 0 fully saturated rings.